The van der Waals surface area contributed by atoms with Gasteiger partial charge < -0.3 is 24.4 Å². The Morgan fingerprint density at radius 1 is 1.10 bits per heavy atom. The molecule has 0 bridgehead atoms. The van der Waals surface area contributed by atoms with Gasteiger partial charge >= 0.3 is 0 Å². The number of hydrogen-bond donors (Lipinski definition) is 1. The van der Waals surface area contributed by atoms with Gasteiger partial charge in [-0.3, -0.25) is 4.79 Å². The first-order chi connectivity index (χ1) is 14.1. The van der Waals surface area contributed by atoms with Crippen LogP contribution in [0.2, 0.25) is 0 Å². The van der Waals surface area contributed by atoms with Crippen LogP contribution >= 0.6 is 0 Å². The third-order valence-corrected chi connectivity index (χ3v) is 4.59. The molecule has 0 unspecified atom stereocenters. The van der Waals surface area contributed by atoms with E-state index in [1.165, 1.54) is 13.2 Å². The molecule has 1 saturated heterocycles. The molecule has 29 heavy (non-hydrogen) atoms. The Morgan fingerprint density at radius 3 is 2.41 bits per heavy atom. The molecule has 2 aromatic rings. The first kappa shape index (κ1) is 20.2. The molecule has 1 N–H and O–H groups in total. The molecule has 3 rings (SSSR count). The van der Waals surface area contributed by atoms with Crippen molar-refractivity contribution < 1.29 is 19.0 Å². The van der Waals surface area contributed by atoms with Gasteiger partial charge in [-0.25, -0.2) is 0 Å². The van der Waals surface area contributed by atoms with E-state index in [1.54, 1.807) is 25.3 Å². The van der Waals surface area contributed by atoms with Crippen LogP contribution in [0.25, 0.3) is 6.08 Å². The molecule has 1 fully saturated rings. The number of amides is 1. The minimum Gasteiger partial charge on any atom is -0.493 e. The fourth-order valence-electron chi connectivity index (χ4n) is 3.03. The third kappa shape index (κ3) is 5.06. The zero-order chi connectivity index (χ0) is 20.6. The molecule has 1 aliphatic rings. The highest BCUT2D eigenvalue weighted by Crippen LogP contribution is 2.28. The Morgan fingerprint density at radius 2 is 1.79 bits per heavy atom. The quantitative estimate of drug-likeness (QED) is 0.600. The standard InChI is InChI=1S/C22H23N3O4/c1-27-20-8-3-16(14-21(20)28-2)13-17(15-23)22(26)24-18-4-6-19(7-5-18)25-9-11-29-12-10-25/h3-8,13-14H,9-12H2,1-2H3,(H,24,26)/b17-13+. The molecule has 150 valence electrons. The van der Waals surface area contributed by atoms with Crippen LogP contribution in [0.15, 0.2) is 48.0 Å². The molecule has 0 radical (unpaired) electrons. The number of anilines is 2. The van der Waals surface area contributed by atoms with Crippen LogP contribution in [0.1, 0.15) is 5.56 Å². The number of ether oxygens (including phenoxy) is 3. The van der Waals surface area contributed by atoms with Gasteiger partial charge in [0.25, 0.3) is 5.91 Å². The third-order valence-electron chi connectivity index (χ3n) is 4.59. The maximum atomic E-state index is 12.5. The SMILES string of the molecule is COc1ccc(/C=C(\C#N)C(=O)Nc2ccc(N3CCOCC3)cc2)cc1OC. The van der Waals surface area contributed by atoms with E-state index in [0.29, 0.717) is 36.0 Å². The summed E-state index contributed by atoms with van der Waals surface area (Å²) in [6.07, 6.45) is 1.51. The lowest BCUT2D eigenvalue weighted by atomic mass is 10.1. The lowest BCUT2D eigenvalue weighted by Crippen LogP contribution is -2.36. The number of rotatable bonds is 6. The van der Waals surface area contributed by atoms with Gasteiger partial charge in [-0.15, -0.1) is 0 Å². The van der Waals surface area contributed by atoms with Gasteiger partial charge in [0.1, 0.15) is 11.6 Å². The Bertz CT molecular complexity index is 926. The van der Waals surface area contributed by atoms with E-state index in [4.69, 9.17) is 14.2 Å². The van der Waals surface area contributed by atoms with E-state index in [0.717, 1.165) is 18.8 Å². The average Bonchev–Trinajstić information content (AvgIpc) is 2.78. The zero-order valence-electron chi connectivity index (χ0n) is 16.5. The molecule has 0 aromatic heterocycles. The van der Waals surface area contributed by atoms with E-state index < -0.39 is 5.91 Å². The van der Waals surface area contributed by atoms with Crippen LogP contribution in [0.3, 0.4) is 0 Å². The minimum absolute atomic E-state index is 0.00512. The second-order valence-electron chi connectivity index (χ2n) is 6.38. The summed E-state index contributed by atoms with van der Waals surface area (Å²) in [5.74, 6) is 0.632. The fourth-order valence-corrected chi connectivity index (χ4v) is 3.03. The molecule has 0 saturated carbocycles. The van der Waals surface area contributed by atoms with Gasteiger partial charge in [-0.2, -0.15) is 5.26 Å². The Kier molecular flexibility index (Phi) is 6.72. The summed E-state index contributed by atoms with van der Waals surface area (Å²) in [5.41, 5.74) is 2.36. The summed E-state index contributed by atoms with van der Waals surface area (Å²) >= 11 is 0. The van der Waals surface area contributed by atoms with E-state index in [9.17, 15) is 10.1 Å². The van der Waals surface area contributed by atoms with Crippen molar-refractivity contribution in [3.05, 3.63) is 53.6 Å². The normalized spacial score (nSPS) is 14.1. The molecule has 7 nitrogen and oxygen atoms in total. The number of carbonyl (C=O) groups is 1. The largest absolute Gasteiger partial charge is 0.493 e. The van der Waals surface area contributed by atoms with Gasteiger partial charge in [0.05, 0.1) is 27.4 Å². The minimum atomic E-state index is -0.471. The summed E-state index contributed by atoms with van der Waals surface area (Å²) in [5, 5.41) is 12.2. The summed E-state index contributed by atoms with van der Waals surface area (Å²) in [4.78, 5) is 14.8. The first-order valence-electron chi connectivity index (χ1n) is 9.22. The summed E-state index contributed by atoms with van der Waals surface area (Å²) in [7, 11) is 3.08. The maximum absolute atomic E-state index is 12.5. The monoisotopic (exact) mass is 393 g/mol. The van der Waals surface area contributed by atoms with Crippen molar-refractivity contribution in [2.75, 3.05) is 50.7 Å². The summed E-state index contributed by atoms with van der Waals surface area (Å²) in [6, 6.07) is 14.7. The fraction of sp³-hybridized carbons (Fsp3) is 0.273. The molecule has 1 amide bonds. The van der Waals surface area contributed by atoms with Crippen molar-refractivity contribution >= 4 is 23.4 Å². The van der Waals surface area contributed by atoms with Gasteiger partial charge in [-0.1, -0.05) is 6.07 Å². The van der Waals surface area contributed by atoms with Crippen LogP contribution in [-0.2, 0) is 9.53 Å². The summed E-state index contributed by atoms with van der Waals surface area (Å²) in [6.45, 7) is 3.12. The molecule has 0 aliphatic carbocycles. The van der Waals surface area contributed by atoms with E-state index in [2.05, 4.69) is 10.2 Å². The van der Waals surface area contributed by atoms with Gasteiger partial charge in [-0.05, 0) is 48.0 Å². The lowest BCUT2D eigenvalue weighted by molar-refractivity contribution is -0.112. The Hall–Kier alpha value is -3.50. The van der Waals surface area contributed by atoms with Crippen LogP contribution in [0.4, 0.5) is 11.4 Å². The molecule has 2 aromatic carbocycles. The van der Waals surface area contributed by atoms with Crippen LogP contribution < -0.4 is 19.7 Å². The molecule has 1 aliphatic heterocycles. The molecule has 0 atom stereocenters. The smallest absolute Gasteiger partial charge is 0.266 e. The second-order valence-corrected chi connectivity index (χ2v) is 6.38. The van der Waals surface area contributed by atoms with Crippen LogP contribution in [0, 0.1) is 11.3 Å². The number of methoxy groups -OCH3 is 2. The van der Waals surface area contributed by atoms with E-state index in [1.807, 2.05) is 30.3 Å². The van der Waals surface area contributed by atoms with Gasteiger partial charge in [0.15, 0.2) is 11.5 Å². The number of benzene rings is 2. The highest BCUT2D eigenvalue weighted by Gasteiger charge is 2.13. The van der Waals surface area contributed by atoms with Crippen molar-refractivity contribution in [3.63, 3.8) is 0 Å². The number of nitriles is 1. The zero-order valence-corrected chi connectivity index (χ0v) is 16.5. The van der Waals surface area contributed by atoms with Crippen molar-refractivity contribution in [3.8, 4) is 17.6 Å². The highest BCUT2D eigenvalue weighted by molar-refractivity contribution is 6.09. The average molecular weight is 393 g/mol. The molecule has 1 heterocycles. The predicted octanol–water partition coefficient (Wildman–Crippen LogP) is 3.09. The number of morpholine rings is 1. The maximum Gasteiger partial charge on any atom is 0.266 e. The molecule has 7 heteroatoms. The van der Waals surface area contributed by atoms with Crippen molar-refractivity contribution in [2.45, 2.75) is 0 Å². The number of nitrogens with one attached hydrogen (secondary N) is 1. The lowest BCUT2D eigenvalue weighted by Gasteiger charge is -2.28. The van der Waals surface area contributed by atoms with E-state index in [-0.39, 0.29) is 5.57 Å². The predicted molar refractivity (Wildman–Crippen MR) is 111 cm³/mol. The van der Waals surface area contributed by atoms with Gasteiger partial charge in [0.2, 0.25) is 0 Å². The van der Waals surface area contributed by atoms with Crippen molar-refractivity contribution in [1.82, 2.24) is 0 Å². The summed E-state index contributed by atoms with van der Waals surface area (Å²) < 4.78 is 15.8. The number of nitrogens with zero attached hydrogens (tertiary/aromatic N) is 2. The number of carbonyl (C=O) groups excluding carboxylic acids is 1. The van der Waals surface area contributed by atoms with E-state index >= 15 is 0 Å². The highest BCUT2D eigenvalue weighted by atomic mass is 16.5. The van der Waals surface area contributed by atoms with Crippen LogP contribution in [-0.4, -0.2) is 46.4 Å². The van der Waals surface area contributed by atoms with Gasteiger partial charge in [0, 0.05) is 24.5 Å². The van der Waals surface area contributed by atoms with Crippen LogP contribution in [0.5, 0.6) is 11.5 Å². The Balaban J connectivity index is 1.71. The number of hydrogen-bond acceptors (Lipinski definition) is 6. The van der Waals surface area contributed by atoms with Crippen molar-refractivity contribution in [2.24, 2.45) is 0 Å². The molecule has 0 spiro atoms. The topological polar surface area (TPSA) is 83.8 Å². The first-order valence-corrected chi connectivity index (χ1v) is 9.22. The Labute approximate surface area is 170 Å². The second kappa shape index (κ2) is 9.62. The van der Waals surface area contributed by atoms with Crippen molar-refractivity contribution in [1.29, 1.82) is 5.26 Å². The molecular weight excluding hydrogens is 370 g/mol. The molecular formula is C22H23N3O4.